The van der Waals surface area contributed by atoms with E-state index in [2.05, 4.69) is 23.2 Å². The highest BCUT2D eigenvalue weighted by molar-refractivity contribution is 7.22. The zero-order valence-corrected chi connectivity index (χ0v) is 15.2. The lowest BCUT2D eigenvalue weighted by molar-refractivity contribution is 0.411. The van der Waals surface area contributed by atoms with Crippen LogP contribution in [0.25, 0.3) is 31.7 Å². The molecule has 6 heteroatoms. The van der Waals surface area contributed by atoms with Gasteiger partial charge in [-0.15, -0.1) is 22.9 Å². The second-order valence-corrected chi connectivity index (χ2v) is 7.16. The van der Waals surface area contributed by atoms with E-state index >= 15 is 0 Å². The van der Waals surface area contributed by atoms with Crippen molar-refractivity contribution in [3.8, 4) is 16.3 Å². The fourth-order valence-electron chi connectivity index (χ4n) is 2.91. The Bertz CT molecular complexity index is 1040. The van der Waals surface area contributed by atoms with Crippen molar-refractivity contribution in [3.05, 3.63) is 48.0 Å². The normalized spacial score (nSPS) is 11.3. The highest BCUT2D eigenvalue weighted by Crippen LogP contribution is 2.36. The number of nitrogens with zero attached hydrogens (tertiary/aromatic N) is 2. The van der Waals surface area contributed by atoms with Crippen LogP contribution in [0.4, 0.5) is 5.82 Å². The number of anilines is 1. The molecule has 0 aliphatic rings. The molecule has 0 amide bonds. The van der Waals surface area contributed by atoms with E-state index in [1.807, 2.05) is 24.3 Å². The van der Waals surface area contributed by atoms with Crippen molar-refractivity contribution in [1.82, 2.24) is 9.97 Å². The Kier molecular flexibility index (Phi) is 4.19. The highest BCUT2D eigenvalue weighted by Gasteiger charge is 2.14. The van der Waals surface area contributed by atoms with Crippen LogP contribution >= 0.6 is 22.9 Å². The van der Waals surface area contributed by atoms with Crippen LogP contribution in [-0.2, 0) is 6.42 Å². The number of ether oxygens (including phenoxy) is 1. The Morgan fingerprint density at radius 1 is 1.12 bits per heavy atom. The van der Waals surface area contributed by atoms with Crippen LogP contribution in [0.15, 0.2) is 42.5 Å². The minimum absolute atomic E-state index is 0.422. The third-order valence-electron chi connectivity index (χ3n) is 4.12. The number of thiophene rings is 1. The molecule has 2 heterocycles. The summed E-state index contributed by atoms with van der Waals surface area (Å²) in [5.74, 6) is 1.70. The number of aryl methyl sites for hydroxylation is 1. The largest absolute Gasteiger partial charge is 0.496 e. The van der Waals surface area contributed by atoms with E-state index in [0.29, 0.717) is 18.1 Å². The van der Waals surface area contributed by atoms with Gasteiger partial charge in [-0.3, -0.25) is 0 Å². The first-order chi connectivity index (χ1) is 12.2. The topological polar surface area (TPSA) is 61.0 Å². The summed E-state index contributed by atoms with van der Waals surface area (Å²) in [7, 11) is 1.64. The number of nitrogen functional groups attached to an aromatic ring is 1. The van der Waals surface area contributed by atoms with Crippen LogP contribution in [0.2, 0.25) is 0 Å². The summed E-state index contributed by atoms with van der Waals surface area (Å²) in [6.45, 7) is 0. The Morgan fingerprint density at radius 2 is 1.92 bits per heavy atom. The molecule has 0 aliphatic heterocycles. The van der Waals surface area contributed by atoms with Gasteiger partial charge >= 0.3 is 0 Å². The van der Waals surface area contributed by atoms with Gasteiger partial charge in [-0.1, -0.05) is 18.2 Å². The number of alkyl halides is 1. The number of nitrogens with two attached hydrogens (primary N) is 1. The van der Waals surface area contributed by atoms with Crippen LogP contribution in [-0.4, -0.2) is 23.0 Å². The van der Waals surface area contributed by atoms with Gasteiger partial charge in [0.1, 0.15) is 11.4 Å². The van der Waals surface area contributed by atoms with E-state index in [-0.39, 0.29) is 0 Å². The fourth-order valence-corrected chi connectivity index (χ4v) is 4.17. The Balaban J connectivity index is 1.90. The van der Waals surface area contributed by atoms with Gasteiger partial charge in [0.25, 0.3) is 0 Å². The molecule has 4 nitrogen and oxygen atoms in total. The number of halogens is 1. The molecule has 0 aliphatic carbocycles. The predicted octanol–water partition coefficient (Wildman–Crippen LogP) is 4.88. The van der Waals surface area contributed by atoms with Gasteiger partial charge in [0.2, 0.25) is 0 Å². The van der Waals surface area contributed by atoms with Gasteiger partial charge in [0, 0.05) is 16.6 Å². The molecule has 0 unspecified atom stereocenters. The molecular formula is C19H16ClN3OS. The number of methoxy groups -OCH3 is 1. The first-order valence-corrected chi connectivity index (χ1v) is 9.23. The molecule has 4 aromatic rings. The molecule has 0 saturated heterocycles. The number of hydrogen-bond donors (Lipinski definition) is 1. The summed E-state index contributed by atoms with van der Waals surface area (Å²) in [6, 6.07) is 14.2. The third-order valence-corrected chi connectivity index (χ3v) is 5.43. The number of rotatable bonds is 4. The SMILES string of the molecule is COc1cc2nc(N)c(-c3cc4ccccc4s3)nc2cc1CCCl. The maximum Gasteiger partial charge on any atom is 0.151 e. The van der Waals surface area contributed by atoms with Gasteiger partial charge in [-0.05, 0) is 35.6 Å². The van der Waals surface area contributed by atoms with Gasteiger partial charge < -0.3 is 10.5 Å². The minimum Gasteiger partial charge on any atom is -0.496 e. The lowest BCUT2D eigenvalue weighted by atomic mass is 10.1. The van der Waals surface area contributed by atoms with Crippen LogP contribution in [0.5, 0.6) is 5.75 Å². The van der Waals surface area contributed by atoms with Crippen molar-refractivity contribution in [2.24, 2.45) is 0 Å². The molecular weight excluding hydrogens is 354 g/mol. The van der Waals surface area contributed by atoms with Crippen molar-refractivity contribution < 1.29 is 4.74 Å². The quantitative estimate of drug-likeness (QED) is 0.520. The molecule has 0 saturated carbocycles. The average molecular weight is 370 g/mol. The third kappa shape index (κ3) is 2.90. The summed E-state index contributed by atoms with van der Waals surface area (Å²) in [5.41, 5.74) is 9.45. The van der Waals surface area contributed by atoms with Crippen molar-refractivity contribution in [1.29, 1.82) is 0 Å². The van der Waals surface area contributed by atoms with Crippen LogP contribution in [0, 0.1) is 0 Å². The van der Waals surface area contributed by atoms with E-state index in [0.717, 1.165) is 32.9 Å². The van der Waals surface area contributed by atoms with E-state index in [4.69, 9.17) is 27.1 Å². The van der Waals surface area contributed by atoms with E-state index in [9.17, 15) is 0 Å². The number of benzene rings is 2. The lowest BCUT2D eigenvalue weighted by Gasteiger charge is -2.10. The van der Waals surface area contributed by atoms with E-state index < -0.39 is 0 Å². The number of fused-ring (bicyclic) bond motifs is 2. The Morgan fingerprint density at radius 3 is 2.68 bits per heavy atom. The average Bonchev–Trinajstić information content (AvgIpc) is 3.05. The molecule has 0 fully saturated rings. The zero-order chi connectivity index (χ0) is 17.4. The summed E-state index contributed by atoms with van der Waals surface area (Å²) < 4.78 is 6.64. The first kappa shape index (κ1) is 16.1. The van der Waals surface area contributed by atoms with Gasteiger partial charge in [-0.25, -0.2) is 9.97 Å². The fraction of sp³-hybridized carbons (Fsp3) is 0.158. The molecule has 0 bridgehead atoms. The molecule has 4 rings (SSSR count). The molecule has 25 heavy (non-hydrogen) atoms. The van der Waals surface area contributed by atoms with E-state index in [1.165, 1.54) is 10.1 Å². The molecule has 0 atom stereocenters. The molecule has 2 aromatic carbocycles. The summed E-state index contributed by atoms with van der Waals surface area (Å²) in [5, 5.41) is 1.18. The molecule has 2 N–H and O–H groups in total. The summed E-state index contributed by atoms with van der Waals surface area (Å²) in [4.78, 5) is 10.3. The number of hydrogen-bond acceptors (Lipinski definition) is 5. The minimum atomic E-state index is 0.422. The van der Waals surface area contributed by atoms with E-state index in [1.54, 1.807) is 18.4 Å². The molecule has 126 valence electrons. The maximum atomic E-state index is 6.20. The van der Waals surface area contributed by atoms with Crippen molar-refractivity contribution in [2.45, 2.75) is 6.42 Å². The number of aromatic nitrogens is 2. The standard InChI is InChI=1S/C19H16ClN3OS/c1-24-15-10-14-13(8-11(15)6-7-20)22-18(19(21)23-14)17-9-12-4-2-3-5-16(12)25-17/h2-5,8-10H,6-7H2,1H3,(H2,21,23). The van der Waals surface area contributed by atoms with Crippen LogP contribution in [0.1, 0.15) is 5.56 Å². The predicted molar refractivity (Wildman–Crippen MR) is 106 cm³/mol. The van der Waals surface area contributed by atoms with Crippen LogP contribution in [0.3, 0.4) is 0 Å². The summed E-state index contributed by atoms with van der Waals surface area (Å²) >= 11 is 7.57. The van der Waals surface area contributed by atoms with Crippen molar-refractivity contribution >= 4 is 49.9 Å². The maximum absolute atomic E-state index is 6.20. The second-order valence-electron chi connectivity index (χ2n) is 5.70. The Labute approximate surface area is 154 Å². The first-order valence-electron chi connectivity index (χ1n) is 7.88. The molecule has 0 spiro atoms. The van der Waals surface area contributed by atoms with Gasteiger partial charge in [0.15, 0.2) is 5.82 Å². The van der Waals surface area contributed by atoms with Crippen LogP contribution < -0.4 is 10.5 Å². The van der Waals surface area contributed by atoms with Crippen molar-refractivity contribution in [2.75, 3.05) is 18.7 Å². The molecule has 2 aromatic heterocycles. The zero-order valence-electron chi connectivity index (χ0n) is 13.6. The summed E-state index contributed by atoms with van der Waals surface area (Å²) in [6.07, 6.45) is 0.713. The highest BCUT2D eigenvalue weighted by atomic mass is 35.5. The lowest BCUT2D eigenvalue weighted by Crippen LogP contribution is -2.00. The van der Waals surface area contributed by atoms with Gasteiger partial charge in [0.05, 0.1) is 23.0 Å². The second kappa shape index (κ2) is 6.50. The molecule has 0 radical (unpaired) electrons. The Hall–Kier alpha value is -2.37. The van der Waals surface area contributed by atoms with Gasteiger partial charge in [-0.2, -0.15) is 0 Å². The van der Waals surface area contributed by atoms with Crippen molar-refractivity contribution in [3.63, 3.8) is 0 Å². The smallest absolute Gasteiger partial charge is 0.151 e. The monoisotopic (exact) mass is 369 g/mol.